The SMILES string of the molecule is CC(=O)NCC#Cc1cc(F)ccc1Cc1cnc2c(O)c(C(=O)NCCO)c(=O)n(C)c2c1. The topological polar surface area (TPSA) is 134 Å². The van der Waals surface area contributed by atoms with Crippen molar-refractivity contribution in [2.24, 2.45) is 7.05 Å². The van der Waals surface area contributed by atoms with Crippen molar-refractivity contribution in [1.29, 1.82) is 0 Å². The van der Waals surface area contributed by atoms with Crippen LogP contribution in [0.1, 0.15) is 34.0 Å². The number of aryl methyl sites for hydroxylation is 1. The molecule has 34 heavy (non-hydrogen) atoms. The van der Waals surface area contributed by atoms with Crippen molar-refractivity contribution in [3.8, 4) is 17.6 Å². The van der Waals surface area contributed by atoms with Crippen LogP contribution in [0.25, 0.3) is 11.0 Å². The molecule has 0 aliphatic carbocycles. The van der Waals surface area contributed by atoms with Gasteiger partial charge in [-0.2, -0.15) is 0 Å². The highest BCUT2D eigenvalue weighted by molar-refractivity contribution is 6.01. The molecule has 3 aromatic rings. The lowest BCUT2D eigenvalue weighted by molar-refractivity contribution is -0.118. The first-order valence-corrected chi connectivity index (χ1v) is 10.3. The lowest BCUT2D eigenvalue weighted by Crippen LogP contribution is -2.34. The van der Waals surface area contributed by atoms with Crippen molar-refractivity contribution in [2.45, 2.75) is 13.3 Å². The number of aromatic hydroxyl groups is 1. The number of nitrogens with one attached hydrogen (secondary N) is 2. The number of halogens is 1. The third-order valence-electron chi connectivity index (χ3n) is 5.00. The molecule has 0 atom stereocenters. The second-order valence-electron chi connectivity index (χ2n) is 7.47. The van der Waals surface area contributed by atoms with Crippen LogP contribution in [-0.4, -0.2) is 51.3 Å². The van der Waals surface area contributed by atoms with Crippen molar-refractivity contribution in [1.82, 2.24) is 20.2 Å². The largest absolute Gasteiger partial charge is 0.505 e. The highest BCUT2D eigenvalue weighted by Gasteiger charge is 2.22. The third-order valence-corrected chi connectivity index (χ3v) is 5.00. The van der Waals surface area contributed by atoms with Crippen molar-refractivity contribution in [3.05, 3.63) is 68.9 Å². The van der Waals surface area contributed by atoms with E-state index >= 15 is 0 Å². The van der Waals surface area contributed by atoms with Crippen molar-refractivity contribution < 1.29 is 24.2 Å². The van der Waals surface area contributed by atoms with Gasteiger partial charge in [-0.3, -0.25) is 19.4 Å². The zero-order valence-electron chi connectivity index (χ0n) is 18.6. The molecule has 3 rings (SSSR count). The number of aliphatic hydroxyl groups excluding tert-OH is 1. The Labute approximate surface area is 194 Å². The Morgan fingerprint density at radius 2 is 2.00 bits per heavy atom. The first-order chi connectivity index (χ1) is 16.2. The van der Waals surface area contributed by atoms with Crippen molar-refractivity contribution in [2.75, 3.05) is 19.7 Å². The van der Waals surface area contributed by atoms with E-state index in [1.807, 2.05) is 0 Å². The summed E-state index contributed by atoms with van der Waals surface area (Å²) in [6, 6.07) is 5.84. The zero-order valence-corrected chi connectivity index (χ0v) is 18.6. The minimum atomic E-state index is -0.811. The molecular weight excluding hydrogens is 443 g/mol. The first kappa shape index (κ1) is 24.4. The van der Waals surface area contributed by atoms with Gasteiger partial charge < -0.3 is 25.4 Å². The summed E-state index contributed by atoms with van der Waals surface area (Å²) in [4.78, 5) is 40.2. The molecular formula is C24H23FN4O5. The molecule has 0 unspecified atom stereocenters. The van der Waals surface area contributed by atoms with E-state index in [-0.39, 0.29) is 31.1 Å². The van der Waals surface area contributed by atoms with Gasteiger partial charge in [0.05, 0.1) is 18.7 Å². The average Bonchev–Trinajstić information content (AvgIpc) is 2.80. The first-order valence-electron chi connectivity index (χ1n) is 10.3. The second-order valence-corrected chi connectivity index (χ2v) is 7.47. The summed E-state index contributed by atoms with van der Waals surface area (Å²) in [5.41, 5.74) is 0.999. The van der Waals surface area contributed by atoms with Crippen LogP contribution in [0.3, 0.4) is 0 Å². The van der Waals surface area contributed by atoms with Crippen molar-refractivity contribution in [3.63, 3.8) is 0 Å². The van der Waals surface area contributed by atoms with Gasteiger partial charge >= 0.3 is 0 Å². The number of pyridine rings is 2. The number of rotatable bonds is 6. The van der Waals surface area contributed by atoms with Gasteiger partial charge in [-0.05, 0) is 29.3 Å². The number of aliphatic hydroxyl groups is 1. The smallest absolute Gasteiger partial charge is 0.267 e. The number of aromatic nitrogens is 2. The Bertz CT molecular complexity index is 1390. The molecule has 0 saturated carbocycles. The lowest BCUT2D eigenvalue weighted by atomic mass is 10.00. The van der Waals surface area contributed by atoms with Gasteiger partial charge in [0, 0.05) is 38.7 Å². The number of hydrogen-bond acceptors (Lipinski definition) is 6. The Hall–Kier alpha value is -4.23. The van der Waals surface area contributed by atoms with E-state index in [2.05, 4.69) is 27.5 Å². The summed E-state index contributed by atoms with van der Waals surface area (Å²) in [5.74, 6) is 3.59. The molecule has 0 aliphatic heterocycles. The molecule has 2 amide bonds. The summed E-state index contributed by atoms with van der Waals surface area (Å²) < 4.78 is 15.0. The van der Waals surface area contributed by atoms with E-state index in [0.29, 0.717) is 28.6 Å². The molecule has 0 bridgehead atoms. The monoisotopic (exact) mass is 466 g/mol. The zero-order chi connectivity index (χ0) is 24.8. The summed E-state index contributed by atoms with van der Waals surface area (Å²) in [5, 5.41) is 24.3. The van der Waals surface area contributed by atoms with Gasteiger partial charge in [-0.25, -0.2) is 4.39 Å². The summed E-state index contributed by atoms with van der Waals surface area (Å²) >= 11 is 0. The predicted molar refractivity (Wildman–Crippen MR) is 123 cm³/mol. The van der Waals surface area contributed by atoms with Crippen LogP contribution in [0.4, 0.5) is 4.39 Å². The van der Waals surface area contributed by atoms with E-state index < -0.39 is 28.6 Å². The molecule has 9 nitrogen and oxygen atoms in total. The van der Waals surface area contributed by atoms with Crippen molar-refractivity contribution >= 4 is 22.8 Å². The fourth-order valence-electron chi connectivity index (χ4n) is 3.34. The Morgan fingerprint density at radius 1 is 1.24 bits per heavy atom. The van der Waals surface area contributed by atoms with Gasteiger partial charge in [-0.1, -0.05) is 17.9 Å². The van der Waals surface area contributed by atoms with Gasteiger partial charge in [0.2, 0.25) is 5.91 Å². The quantitative estimate of drug-likeness (QED) is 0.393. The number of carbonyl (C=O) groups is 2. The van der Waals surface area contributed by atoms with Gasteiger partial charge in [-0.15, -0.1) is 0 Å². The second kappa shape index (κ2) is 10.6. The molecule has 0 spiro atoms. The molecule has 1 aromatic carbocycles. The molecule has 2 heterocycles. The maximum atomic E-state index is 13.8. The summed E-state index contributed by atoms with van der Waals surface area (Å²) in [6.07, 6.45) is 1.79. The number of fused-ring (bicyclic) bond motifs is 1. The predicted octanol–water partition coefficient (Wildman–Crippen LogP) is 0.579. The van der Waals surface area contributed by atoms with E-state index in [9.17, 15) is 23.9 Å². The Kier molecular flexibility index (Phi) is 7.60. The molecule has 0 saturated heterocycles. The number of hydrogen-bond donors (Lipinski definition) is 4. The summed E-state index contributed by atoms with van der Waals surface area (Å²) in [7, 11) is 1.45. The van der Waals surface area contributed by atoms with E-state index in [4.69, 9.17) is 5.11 Å². The normalized spacial score (nSPS) is 10.5. The number of nitrogens with zero attached hydrogens (tertiary/aromatic N) is 2. The number of benzene rings is 1. The minimum Gasteiger partial charge on any atom is -0.505 e. The maximum Gasteiger partial charge on any atom is 0.267 e. The van der Waals surface area contributed by atoms with Gasteiger partial charge in [0.15, 0.2) is 5.75 Å². The number of amides is 2. The summed E-state index contributed by atoms with van der Waals surface area (Å²) in [6.45, 7) is 1.11. The average molecular weight is 466 g/mol. The standard InChI is InChI=1S/C24H23FN4O5/c1-14(31)26-7-3-4-16-12-18(25)6-5-17(16)10-15-11-19-21(28-13-15)22(32)20(24(34)29(19)2)23(33)27-8-9-30/h5-6,11-13,30,32H,7-10H2,1-2H3,(H,26,31)(H,27,33). The third kappa shape index (κ3) is 5.39. The van der Waals surface area contributed by atoms with Crippen LogP contribution < -0.4 is 16.2 Å². The highest BCUT2D eigenvalue weighted by Crippen LogP contribution is 2.26. The maximum absolute atomic E-state index is 13.8. The molecule has 0 radical (unpaired) electrons. The molecule has 176 valence electrons. The minimum absolute atomic E-state index is 0.0643. The van der Waals surface area contributed by atoms with Crippen LogP contribution in [0, 0.1) is 17.7 Å². The van der Waals surface area contributed by atoms with Gasteiger partial charge in [0.1, 0.15) is 16.9 Å². The van der Waals surface area contributed by atoms with Crippen LogP contribution in [-0.2, 0) is 18.3 Å². The fourth-order valence-corrected chi connectivity index (χ4v) is 3.34. The van der Waals surface area contributed by atoms with Crippen LogP contribution in [0.5, 0.6) is 5.75 Å². The van der Waals surface area contributed by atoms with E-state index in [1.165, 1.54) is 36.9 Å². The Morgan fingerprint density at radius 3 is 2.71 bits per heavy atom. The van der Waals surface area contributed by atoms with Gasteiger partial charge in [0.25, 0.3) is 11.5 Å². The van der Waals surface area contributed by atoms with E-state index in [1.54, 1.807) is 12.1 Å². The molecule has 2 aromatic heterocycles. The number of carbonyl (C=O) groups excluding carboxylic acids is 2. The van der Waals surface area contributed by atoms with Crippen LogP contribution in [0.2, 0.25) is 0 Å². The Balaban J connectivity index is 1.99. The molecule has 0 fully saturated rings. The molecule has 10 heteroatoms. The van der Waals surface area contributed by atoms with E-state index in [0.717, 1.165) is 0 Å². The molecule has 0 aliphatic rings. The lowest BCUT2D eigenvalue weighted by Gasteiger charge is -2.13. The fraction of sp³-hybridized carbons (Fsp3) is 0.250. The highest BCUT2D eigenvalue weighted by atomic mass is 19.1. The molecule has 4 N–H and O–H groups in total. The van der Waals surface area contributed by atoms with Crippen LogP contribution >= 0.6 is 0 Å². The van der Waals surface area contributed by atoms with Crippen LogP contribution in [0.15, 0.2) is 35.3 Å².